The van der Waals surface area contributed by atoms with Gasteiger partial charge in [-0.2, -0.15) is 11.3 Å². The Bertz CT molecular complexity index is 551. The molecule has 4 nitrogen and oxygen atoms in total. The van der Waals surface area contributed by atoms with Crippen LogP contribution in [0.3, 0.4) is 0 Å². The highest BCUT2D eigenvalue weighted by atomic mass is 32.1. The first-order chi connectivity index (χ1) is 10.2. The fourth-order valence-electron chi connectivity index (χ4n) is 2.03. The number of hydrogen-bond donors (Lipinski definition) is 3. The Kier molecular flexibility index (Phi) is 5.78. The topological polar surface area (TPSA) is 53.2 Å². The molecule has 0 spiro atoms. The Hall–Kier alpha value is -1.85. The smallest absolute Gasteiger partial charge is 0.319 e. The second-order valence-electron chi connectivity index (χ2n) is 4.84. The Morgan fingerprint density at radius 1 is 1.24 bits per heavy atom. The van der Waals surface area contributed by atoms with Gasteiger partial charge in [0.25, 0.3) is 0 Å². The molecule has 1 atom stereocenters. The molecule has 2 aromatic rings. The molecule has 0 saturated heterocycles. The SMILES string of the molecule is CCNC(C)c1ccc(NC(=O)NCc2ccsc2)cc1. The molecule has 2 rings (SSSR count). The van der Waals surface area contributed by atoms with E-state index in [0.29, 0.717) is 12.6 Å². The molecule has 1 heterocycles. The van der Waals surface area contributed by atoms with Gasteiger partial charge in [0.2, 0.25) is 0 Å². The van der Waals surface area contributed by atoms with E-state index in [-0.39, 0.29) is 6.03 Å². The molecule has 21 heavy (non-hydrogen) atoms. The van der Waals surface area contributed by atoms with Crippen molar-refractivity contribution in [2.45, 2.75) is 26.4 Å². The number of carbonyl (C=O) groups is 1. The molecule has 0 radical (unpaired) electrons. The monoisotopic (exact) mass is 303 g/mol. The summed E-state index contributed by atoms with van der Waals surface area (Å²) in [6.07, 6.45) is 0. The molecular weight excluding hydrogens is 282 g/mol. The minimum atomic E-state index is -0.186. The lowest BCUT2D eigenvalue weighted by molar-refractivity contribution is 0.252. The number of amides is 2. The molecule has 3 N–H and O–H groups in total. The maximum absolute atomic E-state index is 11.8. The van der Waals surface area contributed by atoms with Crippen LogP contribution in [-0.4, -0.2) is 12.6 Å². The molecular formula is C16H21N3OS. The summed E-state index contributed by atoms with van der Waals surface area (Å²) in [5.41, 5.74) is 3.12. The largest absolute Gasteiger partial charge is 0.334 e. The number of carbonyl (C=O) groups excluding carboxylic acids is 1. The first-order valence-corrected chi connectivity index (χ1v) is 8.02. The van der Waals surface area contributed by atoms with E-state index in [1.54, 1.807) is 11.3 Å². The highest BCUT2D eigenvalue weighted by Gasteiger charge is 2.05. The van der Waals surface area contributed by atoms with Crippen molar-refractivity contribution in [2.75, 3.05) is 11.9 Å². The third-order valence-corrected chi connectivity index (χ3v) is 3.94. The zero-order valence-corrected chi connectivity index (χ0v) is 13.2. The highest BCUT2D eigenvalue weighted by Crippen LogP contribution is 2.15. The zero-order valence-electron chi connectivity index (χ0n) is 12.3. The molecule has 0 aliphatic heterocycles. The number of urea groups is 1. The standard InChI is InChI=1S/C16H21N3OS/c1-3-17-12(2)14-4-6-15(7-5-14)19-16(20)18-10-13-8-9-21-11-13/h4-9,11-12,17H,3,10H2,1-2H3,(H2,18,19,20). The van der Waals surface area contributed by atoms with Crippen LogP contribution in [0.25, 0.3) is 0 Å². The van der Waals surface area contributed by atoms with Gasteiger partial charge in [-0.05, 0) is 53.6 Å². The molecule has 5 heteroatoms. The van der Waals surface area contributed by atoms with Crippen LogP contribution in [0.4, 0.5) is 10.5 Å². The van der Waals surface area contributed by atoms with E-state index in [1.165, 1.54) is 5.56 Å². The van der Waals surface area contributed by atoms with Gasteiger partial charge in [0, 0.05) is 18.3 Å². The van der Waals surface area contributed by atoms with Crippen LogP contribution in [0.5, 0.6) is 0 Å². The fraction of sp³-hybridized carbons (Fsp3) is 0.312. The van der Waals surface area contributed by atoms with E-state index in [0.717, 1.165) is 17.8 Å². The third-order valence-electron chi connectivity index (χ3n) is 3.21. The maximum atomic E-state index is 11.8. The average Bonchev–Trinajstić information content (AvgIpc) is 2.99. The maximum Gasteiger partial charge on any atom is 0.319 e. The fourth-order valence-corrected chi connectivity index (χ4v) is 2.70. The van der Waals surface area contributed by atoms with Crippen molar-refractivity contribution in [1.82, 2.24) is 10.6 Å². The summed E-state index contributed by atoms with van der Waals surface area (Å²) < 4.78 is 0. The zero-order chi connectivity index (χ0) is 15.1. The summed E-state index contributed by atoms with van der Waals surface area (Å²) in [5, 5.41) is 13.1. The van der Waals surface area contributed by atoms with Gasteiger partial charge in [-0.25, -0.2) is 4.79 Å². The van der Waals surface area contributed by atoms with Gasteiger partial charge in [-0.15, -0.1) is 0 Å². The van der Waals surface area contributed by atoms with Gasteiger partial charge in [0.15, 0.2) is 0 Å². The number of thiophene rings is 1. The van der Waals surface area contributed by atoms with Gasteiger partial charge in [-0.1, -0.05) is 19.1 Å². The van der Waals surface area contributed by atoms with E-state index in [9.17, 15) is 4.79 Å². The van der Waals surface area contributed by atoms with Crippen LogP contribution in [-0.2, 0) is 6.54 Å². The molecule has 112 valence electrons. The normalized spacial score (nSPS) is 11.9. The van der Waals surface area contributed by atoms with Gasteiger partial charge in [0.05, 0.1) is 0 Å². The lowest BCUT2D eigenvalue weighted by Gasteiger charge is -2.13. The Labute approximate surface area is 129 Å². The number of hydrogen-bond acceptors (Lipinski definition) is 3. The second-order valence-corrected chi connectivity index (χ2v) is 5.62. The quantitative estimate of drug-likeness (QED) is 0.761. The minimum Gasteiger partial charge on any atom is -0.334 e. The van der Waals surface area contributed by atoms with Crippen LogP contribution < -0.4 is 16.0 Å². The van der Waals surface area contributed by atoms with Crippen molar-refractivity contribution < 1.29 is 4.79 Å². The summed E-state index contributed by atoms with van der Waals surface area (Å²) in [6.45, 7) is 5.70. The van der Waals surface area contributed by atoms with E-state index in [4.69, 9.17) is 0 Å². The summed E-state index contributed by atoms with van der Waals surface area (Å²) in [7, 11) is 0. The van der Waals surface area contributed by atoms with Gasteiger partial charge < -0.3 is 16.0 Å². The Morgan fingerprint density at radius 2 is 2.00 bits per heavy atom. The van der Waals surface area contributed by atoms with Crippen LogP contribution >= 0.6 is 11.3 Å². The lowest BCUT2D eigenvalue weighted by Crippen LogP contribution is -2.28. The molecule has 1 unspecified atom stereocenters. The average molecular weight is 303 g/mol. The lowest BCUT2D eigenvalue weighted by atomic mass is 10.1. The van der Waals surface area contributed by atoms with Crippen LogP contribution in [0.1, 0.15) is 31.0 Å². The Balaban J connectivity index is 1.83. The van der Waals surface area contributed by atoms with E-state index < -0.39 is 0 Å². The summed E-state index contributed by atoms with van der Waals surface area (Å²) in [5.74, 6) is 0. The van der Waals surface area contributed by atoms with Crippen LogP contribution in [0.15, 0.2) is 41.1 Å². The Morgan fingerprint density at radius 3 is 2.62 bits per heavy atom. The van der Waals surface area contributed by atoms with Crippen LogP contribution in [0, 0.1) is 0 Å². The molecule has 1 aromatic carbocycles. The van der Waals surface area contributed by atoms with Crippen molar-refractivity contribution in [3.63, 3.8) is 0 Å². The van der Waals surface area contributed by atoms with Crippen molar-refractivity contribution in [3.8, 4) is 0 Å². The molecule has 0 bridgehead atoms. The van der Waals surface area contributed by atoms with E-state index >= 15 is 0 Å². The molecule has 0 saturated carbocycles. The van der Waals surface area contributed by atoms with E-state index in [1.807, 2.05) is 41.1 Å². The van der Waals surface area contributed by atoms with Crippen molar-refractivity contribution in [3.05, 3.63) is 52.2 Å². The molecule has 2 amide bonds. The predicted molar refractivity (Wildman–Crippen MR) is 88.7 cm³/mol. The number of anilines is 1. The first kappa shape index (κ1) is 15.5. The van der Waals surface area contributed by atoms with Gasteiger partial charge >= 0.3 is 6.03 Å². The molecule has 1 aromatic heterocycles. The minimum absolute atomic E-state index is 0.186. The van der Waals surface area contributed by atoms with Gasteiger partial charge in [-0.3, -0.25) is 0 Å². The van der Waals surface area contributed by atoms with Crippen molar-refractivity contribution in [1.29, 1.82) is 0 Å². The molecule has 0 aliphatic rings. The number of nitrogens with one attached hydrogen (secondary N) is 3. The number of benzene rings is 1. The molecule has 0 fully saturated rings. The van der Waals surface area contributed by atoms with Crippen molar-refractivity contribution in [2.24, 2.45) is 0 Å². The predicted octanol–water partition coefficient (Wildman–Crippen LogP) is 3.74. The first-order valence-electron chi connectivity index (χ1n) is 7.08. The summed E-state index contributed by atoms with van der Waals surface area (Å²) in [6, 6.07) is 10.0. The van der Waals surface area contributed by atoms with E-state index in [2.05, 4.69) is 29.8 Å². The second kappa shape index (κ2) is 7.81. The van der Waals surface area contributed by atoms with Crippen LogP contribution in [0.2, 0.25) is 0 Å². The molecule has 0 aliphatic carbocycles. The third kappa shape index (κ3) is 4.88. The van der Waals surface area contributed by atoms with Crippen molar-refractivity contribution >= 4 is 23.1 Å². The summed E-state index contributed by atoms with van der Waals surface area (Å²) >= 11 is 1.63. The summed E-state index contributed by atoms with van der Waals surface area (Å²) in [4.78, 5) is 11.8. The number of rotatable bonds is 6. The van der Waals surface area contributed by atoms with Gasteiger partial charge in [0.1, 0.15) is 0 Å². The highest BCUT2D eigenvalue weighted by molar-refractivity contribution is 7.07.